The largest absolute Gasteiger partial charge is 0.322 e. The third kappa shape index (κ3) is 4.18. The Morgan fingerprint density at radius 2 is 1.86 bits per heavy atom. The fourth-order valence-corrected chi connectivity index (χ4v) is 2.81. The third-order valence-corrected chi connectivity index (χ3v) is 4.11. The monoisotopic (exact) mass is 345 g/mol. The molecule has 0 aliphatic rings. The topological polar surface area (TPSA) is 29.1 Å². The Morgan fingerprint density at radius 3 is 2.43 bits per heavy atom. The maximum Gasteiger partial charge on any atom is 0.255 e. The van der Waals surface area contributed by atoms with E-state index in [-0.39, 0.29) is 5.91 Å². The summed E-state index contributed by atoms with van der Waals surface area (Å²) in [5.74, 6) is 0.457. The minimum Gasteiger partial charge on any atom is -0.322 e. The molecule has 110 valence electrons. The van der Waals surface area contributed by atoms with Crippen LogP contribution in [0.15, 0.2) is 46.9 Å². The van der Waals surface area contributed by atoms with Crippen molar-refractivity contribution in [3.63, 3.8) is 0 Å². The smallest absolute Gasteiger partial charge is 0.255 e. The zero-order valence-corrected chi connectivity index (χ0v) is 14.2. The summed E-state index contributed by atoms with van der Waals surface area (Å²) in [6, 6.07) is 13.8. The zero-order valence-electron chi connectivity index (χ0n) is 12.6. The van der Waals surface area contributed by atoms with Gasteiger partial charge in [0.25, 0.3) is 5.91 Å². The molecule has 2 nitrogen and oxygen atoms in total. The van der Waals surface area contributed by atoms with Crippen LogP contribution in [0.5, 0.6) is 0 Å². The summed E-state index contributed by atoms with van der Waals surface area (Å²) < 4.78 is 0.916. The van der Waals surface area contributed by atoms with Crippen molar-refractivity contribution in [3.8, 4) is 0 Å². The molecule has 0 aliphatic heterocycles. The lowest BCUT2D eigenvalue weighted by Gasteiger charge is -2.11. The van der Waals surface area contributed by atoms with Crippen LogP contribution in [0.2, 0.25) is 0 Å². The van der Waals surface area contributed by atoms with Gasteiger partial charge in [0.2, 0.25) is 0 Å². The number of nitrogens with one attached hydrogen (secondary N) is 1. The van der Waals surface area contributed by atoms with Crippen LogP contribution in [-0.4, -0.2) is 5.91 Å². The zero-order chi connectivity index (χ0) is 15.4. The first-order chi connectivity index (χ1) is 9.99. The first-order valence-electron chi connectivity index (χ1n) is 7.18. The van der Waals surface area contributed by atoms with Gasteiger partial charge in [0.1, 0.15) is 0 Å². The Morgan fingerprint density at radius 1 is 1.19 bits per heavy atom. The number of benzene rings is 2. The maximum atomic E-state index is 12.3. The highest BCUT2D eigenvalue weighted by Crippen LogP contribution is 2.21. The molecule has 2 aromatic rings. The van der Waals surface area contributed by atoms with Crippen molar-refractivity contribution in [1.29, 1.82) is 0 Å². The van der Waals surface area contributed by atoms with E-state index in [9.17, 15) is 4.79 Å². The second-order valence-corrected chi connectivity index (χ2v) is 6.32. The van der Waals surface area contributed by atoms with E-state index >= 15 is 0 Å². The summed E-state index contributed by atoms with van der Waals surface area (Å²) in [5.41, 5.74) is 3.84. The number of hydrogen-bond donors (Lipinski definition) is 1. The van der Waals surface area contributed by atoms with Crippen molar-refractivity contribution in [2.75, 3.05) is 5.32 Å². The molecular formula is C18H20BrNO. The first kappa shape index (κ1) is 15.8. The van der Waals surface area contributed by atoms with Gasteiger partial charge in [-0.2, -0.15) is 0 Å². The van der Waals surface area contributed by atoms with E-state index in [0.29, 0.717) is 11.5 Å². The molecule has 0 radical (unpaired) electrons. The fourth-order valence-electron chi connectivity index (χ4n) is 2.20. The second kappa shape index (κ2) is 6.90. The molecule has 1 atom stereocenters. The lowest BCUT2D eigenvalue weighted by molar-refractivity contribution is 0.102. The van der Waals surface area contributed by atoms with Crippen molar-refractivity contribution < 1.29 is 4.79 Å². The molecule has 1 unspecified atom stereocenters. The van der Waals surface area contributed by atoms with Crippen LogP contribution in [0, 0.1) is 6.92 Å². The molecular weight excluding hydrogens is 326 g/mol. The first-order valence-corrected chi connectivity index (χ1v) is 7.97. The van der Waals surface area contributed by atoms with Gasteiger partial charge in [0, 0.05) is 15.7 Å². The van der Waals surface area contributed by atoms with E-state index in [1.165, 1.54) is 5.56 Å². The molecule has 1 N–H and O–H groups in total. The molecule has 0 saturated carbocycles. The highest BCUT2D eigenvalue weighted by atomic mass is 79.9. The standard InChI is InChI=1S/C18H20BrNO/c1-4-13(3)14-5-7-17(8-6-14)20-18(21)15-9-12(2)10-16(19)11-15/h5-11,13H,4H2,1-3H3,(H,20,21). The Kier molecular flexibility index (Phi) is 5.18. The normalized spacial score (nSPS) is 12.0. The van der Waals surface area contributed by atoms with Gasteiger partial charge >= 0.3 is 0 Å². The predicted molar refractivity (Wildman–Crippen MR) is 92.0 cm³/mol. The SMILES string of the molecule is CCC(C)c1ccc(NC(=O)c2cc(C)cc(Br)c2)cc1. The quantitative estimate of drug-likeness (QED) is 0.776. The number of amides is 1. The molecule has 2 rings (SSSR count). The summed E-state index contributed by atoms with van der Waals surface area (Å²) >= 11 is 3.42. The van der Waals surface area contributed by atoms with E-state index < -0.39 is 0 Å². The highest BCUT2D eigenvalue weighted by molar-refractivity contribution is 9.10. The Hall–Kier alpha value is -1.61. The fraction of sp³-hybridized carbons (Fsp3) is 0.278. The summed E-state index contributed by atoms with van der Waals surface area (Å²) in [7, 11) is 0. The summed E-state index contributed by atoms with van der Waals surface area (Å²) in [4.78, 5) is 12.3. The molecule has 3 heteroatoms. The molecule has 2 aromatic carbocycles. The van der Waals surface area contributed by atoms with E-state index in [1.807, 2.05) is 37.3 Å². The molecule has 0 fully saturated rings. The number of halogens is 1. The van der Waals surface area contributed by atoms with Crippen LogP contribution in [0.25, 0.3) is 0 Å². The van der Waals surface area contributed by atoms with Crippen LogP contribution in [0.1, 0.15) is 47.7 Å². The van der Waals surface area contributed by atoms with Gasteiger partial charge in [-0.3, -0.25) is 4.79 Å². The van der Waals surface area contributed by atoms with Crippen LogP contribution < -0.4 is 5.32 Å². The number of hydrogen-bond acceptors (Lipinski definition) is 1. The van der Waals surface area contributed by atoms with Gasteiger partial charge in [-0.05, 0) is 60.7 Å². The maximum absolute atomic E-state index is 12.3. The number of aryl methyl sites for hydroxylation is 1. The molecule has 0 aromatic heterocycles. The predicted octanol–water partition coefficient (Wildman–Crippen LogP) is 5.52. The molecule has 21 heavy (non-hydrogen) atoms. The average molecular weight is 346 g/mol. The molecule has 0 heterocycles. The lowest BCUT2D eigenvalue weighted by Crippen LogP contribution is -2.12. The van der Waals surface area contributed by atoms with Crippen LogP contribution >= 0.6 is 15.9 Å². The number of carbonyl (C=O) groups is 1. The molecule has 0 aliphatic carbocycles. The van der Waals surface area contributed by atoms with Gasteiger partial charge in [-0.1, -0.05) is 41.9 Å². The lowest BCUT2D eigenvalue weighted by atomic mass is 9.98. The van der Waals surface area contributed by atoms with E-state index in [1.54, 1.807) is 0 Å². The number of anilines is 1. The number of rotatable bonds is 4. The molecule has 0 spiro atoms. The van der Waals surface area contributed by atoms with Crippen molar-refractivity contribution in [1.82, 2.24) is 0 Å². The van der Waals surface area contributed by atoms with Gasteiger partial charge < -0.3 is 5.32 Å². The third-order valence-electron chi connectivity index (χ3n) is 3.65. The van der Waals surface area contributed by atoms with Crippen LogP contribution in [0.4, 0.5) is 5.69 Å². The van der Waals surface area contributed by atoms with E-state index in [0.717, 1.165) is 22.1 Å². The Bertz CT molecular complexity index is 614. The molecule has 0 bridgehead atoms. The minimum atomic E-state index is -0.0873. The Labute approximate surface area is 134 Å². The van der Waals surface area contributed by atoms with Gasteiger partial charge in [0.15, 0.2) is 0 Å². The van der Waals surface area contributed by atoms with Gasteiger partial charge in [0.05, 0.1) is 0 Å². The highest BCUT2D eigenvalue weighted by Gasteiger charge is 2.08. The Balaban J connectivity index is 2.12. The van der Waals surface area contributed by atoms with Crippen molar-refractivity contribution in [2.24, 2.45) is 0 Å². The number of carbonyl (C=O) groups excluding carboxylic acids is 1. The minimum absolute atomic E-state index is 0.0873. The van der Waals surface area contributed by atoms with Crippen LogP contribution in [-0.2, 0) is 0 Å². The second-order valence-electron chi connectivity index (χ2n) is 5.40. The summed E-state index contributed by atoms with van der Waals surface area (Å²) in [6.45, 7) is 6.36. The van der Waals surface area contributed by atoms with Crippen LogP contribution in [0.3, 0.4) is 0 Å². The summed E-state index contributed by atoms with van der Waals surface area (Å²) in [5, 5.41) is 2.94. The van der Waals surface area contributed by atoms with Crippen molar-refractivity contribution >= 4 is 27.5 Å². The molecule has 0 saturated heterocycles. The van der Waals surface area contributed by atoms with Crippen molar-refractivity contribution in [3.05, 3.63) is 63.6 Å². The molecule has 1 amide bonds. The summed E-state index contributed by atoms with van der Waals surface area (Å²) in [6.07, 6.45) is 1.11. The average Bonchev–Trinajstić information content (AvgIpc) is 2.46. The van der Waals surface area contributed by atoms with E-state index in [4.69, 9.17) is 0 Å². The van der Waals surface area contributed by atoms with Crippen molar-refractivity contribution in [2.45, 2.75) is 33.1 Å². The van der Waals surface area contributed by atoms with Gasteiger partial charge in [-0.25, -0.2) is 0 Å². The van der Waals surface area contributed by atoms with E-state index in [2.05, 4.69) is 47.2 Å². The van der Waals surface area contributed by atoms with Gasteiger partial charge in [-0.15, -0.1) is 0 Å².